The van der Waals surface area contributed by atoms with Crippen molar-refractivity contribution < 1.29 is 26.7 Å². The van der Waals surface area contributed by atoms with E-state index in [4.69, 9.17) is 0 Å². The Bertz CT molecular complexity index is 943. The number of pyridine rings is 1. The SMILES string of the molecule is Cc1cccc(NC(=O)c2c(C)cc(C(F)(F)F)nc2N2CCCC(F)(F)CC2)c1. The molecule has 0 unspecified atom stereocenters. The van der Waals surface area contributed by atoms with E-state index in [1.54, 1.807) is 18.2 Å². The second kappa shape index (κ2) is 8.20. The molecule has 0 atom stereocenters. The Morgan fingerprint density at radius 2 is 1.87 bits per heavy atom. The second-order valence-corrected chi connectivity index (χ2v) is 7.54. The van der Waals surface area contributed by atoms with Crippen molar-refractivity contribution in [2.75, 3.05) is 23.3 Å². The van der Waals surface area contributed by atoms with Crippen molar-refractivity contribution in [2.24, 2.45) is 0 Å². The molecule has 1 aliphatic rings. The third-order valence-corrected chi connectivity index (χ3v) is 5.01. The van der Waals surface area contributed by atoms with Gasteiger partial charge in [-0.25, -0.2) is 13.8 Å². The number of halogens is 5. The fourth-order valence-corrected chi connectivity index (χ4v) is 3.50. The molecule has 1 aromatic carbocycles. The molecule has 1 aromatic heterocycles. The smallest absolute Gasteiger partial charge is 0.356 e. The number of nitrogens with one attached hydrogen (secondary N) is 1. The van der Waals surface area contributed by atoms with Crippen LogP contribution in [0.2, 0.25) is 0 Å². The first kappa shape index (κ1) is 22.0. The molecule has 1 saturated heterocycles. The lowest BCUT2D eigenvalue weighted by Crippen LogP contribution is -2.31. The summed E-state index contributed by atoms with van der Waals surface area (Å²) < 4.78 is 67.6. The van der Waals surface area contributed by atoms with Gasteiger partial charge in [0.2, 0.25) is 5.92 Å². The van der Waals surface area contributed by atoms with Crippen molar-refractivity contribution in [3.8, 4) is 0 Å². The van der Waals surface area contributed by atoms with Crippen LogP contribution in [0.1, 0.15) is 46.4 Å². The minimum absolute atomic E-state index is 0.0466. The molecule has 4 nitrogen and oxygen atoms in total. The number of anilines is 2. The summed E-state index contributed by atoms with van der Waals surface area (Å²) in [7, 11) is 0. The Kier molecular flexibility index (Phi) is 6.01. The van der Waals surface area contributed by atoms with E-state index in [2.05, 4.69) is 10.3 Å². The van der Waals surface area contributed by atoms with Crippen LogP contribution in [0.15, 0.2) is 30.3 Å². The van der Waals surface area contributed by atoms with E-state index >= 15 is 0 Å². The number of rotatable bonds is 3. The average molecular weight is 427 g/mol. The molecular weight excluding hydrogens is 405 g/mol. The lowest BCUT2D eigenvalue weighted by molar-refractivity contribution is -0.141. The third-order valence-electron chi connectivity index (χ3n) is 5.01. The highest BCUT2D eigenvalue weighted by atomic mass is 19.4. The molecule has 9 heteroatoms. The number of carbonyl (C=O) groups is 1. The fraction of sp³-hybridized carbons (Fsp3) is 0.429. The number of alkyl halides is 5. The maximum absolute atomic E-state index is 13.8. The van der Waals surface area contributed by atoms with Gasteiger partial charge in [0.25, 0.3) is 5.91 Å². The average Bonchev–Trinajstić information content (AvgIpc) is 2.80. The zero-order valence-corrected chi connectivity index (χ0v) is 16.6. The Labute approximate surface area is 171 Å². The van der Waals surface area contributed by atoms with E-state index in [9.17, 15) is 26.7 Å². The van der Waals surface area contributed by atoms with E-state index < -0.39 is 30.1 Å². The van der Waals surface area contributed by atoms with Gasteiger partial charge in [-0.15, -0.1) is 0 Å². The molecule has 2 aromatic rings. The van der Waals surface area contributed by atoms with Crippen LogP contribution in [0.4, 0.5) is 33.5 Å². The monoisotopic (exact) mass is 427 g/mol. The van der Waals surface area contributed by atoms with Crippen molar-refractivity contribution in [3.63, 3.8) is 0 Å². The molecule has 0 aliphatic carbocycles. The predicted molar refractivity (Wildman–Crippen MR) is 104 cm³/mol. The second-order valence-electron chi connectivity index (χ2n) is 7.54. The Balaban J connectivity index is 2.03. The topological polar surface area (TPSA) is 45.2 Å². The minimum atomic E-state index is -4.72. The molecule has 0 bridgehead atoms. The van der Waals surface area contributed by atoms with Gasteiger partial charge in [-0.05, 0) is 49.6 Å². The summed E-state index contributed by atoms with van der Waals surface area (Å²) in [6.45, 7) is 3.13. The quantitative estimate of drug-likeness (QED) is 0.649. The molecule has 30 heavy (non-hydrogen) atoms. The highest BCUT2D eigenvalue weighted by Crippen LogP contribution is 2.35. The maximum Gasteiger partial charge on any atom is 0.433 e. The lowest BCUT2D eigenvalue weighted by atomic mass is 10.1. The summed E-state index contributed by atoms with van der Waals surface area (Å²) in [6, 6.07) is 7.76. The van der Waals surface area contributed by atoms with Gasteiger partial charge >= 0.3 is 6.18 Å². The van der Waals surface area contributed by atoms with Gasteiger partial charge in [0.05, 0.1) is 5.56 Å². The van der Waals surface area contributed by atoms with Gasteiger partial charge in [-0.1, -0.05) is 12.1 Å². The number of amides is 1. The number of hydrogen-bond donors (Lipinski definition) is 1. The molecule has 162 valence electrons. The number of hydrogen-bond acceptors (Lipinski definition) is 3. The van der Waals surface area contributed by atoms with Crippen molar-refractivity contribution in [1.29, 1.82) is 0 Å². The largest absolute Gasteiger partial charge is 0.433 e. The van der Waals surface area contributed by atoms with Crippen LogP contribution >= 0.6 is 0 Å². The fourth-order valence-electron chi connectivity index (χ4n) is 3.50. The normalized spacial score (nSPS) is 16.8. The zero-order chi connectivity index (χ0) is 22.1. The Morgan fingerprint density at radius 1 is 1.13 bits per heavy atom. The van der Waals surface area contributed by atoms with Gasteiger partial charge in [0, 0.05) is 31.6 Å². The summed E-state index contributed by atoms with van der Waals surface area (Å²) in [4.78, 5) is 18.0. The number of carbonyl (C=O) groups excluding carboxylic acids is 1. The molecule has 1 aliphatic heterocycles. The van der Waals surface area contributed by atoms with Crippen molar-refractivity contribution in [3.05, 3.63) is 52.7 Å². The third kappa shape index (κ3) is 5.06. The van der Waals surface area contributed by atoms with Crippen LogP contribution in [0.5, 0.6) is 0 Å². The van der Waals surface area contributed by atoms with E-state index in [0.29, 0.717) is 5.69 Å². The van der Waals surface area contributed by atoms with Crippen molar-refractivity contribution >= 4 is 17.4 Å². The van der Waals surface area contributed by atoms with Crippen LogP contribution in [0.25, 0.3) is 0 Å². The predicted octanol–water partition coefficient (Wildman–Crippen LogP) is 5.60. The highest BCUT2D eigenvalue weighted by molar-refractivity contribution is 6.08. The molecule has 2 heterocycles. The molecule has 0 radical (unpaired) electrons. The number of nitrogens with zero attached hydrogens (tertiary/aromatic N) is 2. The maximum atomic E-state index is 13.8. The molecule has 1 N–H and O–H groups in total. The van der Waals surface area contributed by atoms with Crippen molar-refractivity contribution in [2.45, 2.75) is 45.2 Å². The Hall–Kier alpha value is -2.71. The van der Waals surface area contributed by atoms with Gasteiger partial charge in [0.1, 0.15) is 11.5 Å². The van der Waals surface area contributed by atoms with E-state index in [-0.39, 0.29) is 42.9 Å². The number of benzene rings is 1. The van der Waals surface area contributed by atoms with Gasteiger partial charge in [-0.3, -0.25) is 4.79 Å². The first-order chi connectivity index (χ1) is 14.0. The van der Waals surface area contributed by atoms with Crippen LogP contribution in [-0.4, -0.2) is 29.9 Å². The molecule has 0 spiro atoms. The highest BCUT2D eigenvalue weighted by Gasteiger charge is 2.37. The zero-order valence-electron chi connectivity index (χ0n) is 16.6. The first-order valence-electron chi connectivity index (χ1n) is 9.56. The van der Waals surface area contributed by atoms with Crippen molar-refractivity contribution in [1.82, 2.24) is 4.98 Å². The van der Waals surface area contributed by atoms with Crippen LogP contribution < -0.4 is 10.2 Å². The summed E-state index contributed by atoms with van der Waals surface area (Å²) in [5, 5.41) is 2.67. The van der Waals surface area contributed by atoms with Crippen LogP contribution in [0, 0.1) is 13.8 Å². The molecule has 0 saturated carbocycles. The summed E-state index contributed by atoms with van der Waals surface area (Å²) >= 11 is 0. The van der Waals surface area contributed by atoms with E-state index in [1.807, 2.05) is 13.0 Å². The molecule has 3 rings (SSSR count). The summed E-state index contributed by atoms with van der Waals surface area (Å²) in [5.41, 5.74) is 0.249. The molecule has 1 fully saturated rings. The van der Waals surface area contributed by atoms with Crippen LogP contribution in [-0.2, 0) is 6.18 Å². The minimum Gasteiger partial charge on any atom is -0.356 e. The van der Waals surface area contributed by atoms with Crippen LogP contribution in [0.3, 0.4) is 0 Å². The molecule has 1 amide bonds. The van der Waals surface area contributed by atoms with Gasteiger partial charge in [0.15, 0.2) is 0 Å². The first-order valence-corrected chi connectivity index (χ1v) is 9.56. The van der Waals surface area contributed by atoms with Gasteiger partial charge < -0.3 is 10.2 Å². The van der Waals surface area contributed by atoms with E-state index in [1.165, 1.54) is 11.8 Å². The number of aryl methyl sites for hydroxylation is 2. The summed E-state index contributed by atoms with van der Waals surface area (Å²) in [5.74, 6) is -3.74. The number of aromatic nitrogens is 1. The van der Waals surface area contributed by atoms with Gasteiger partial charge in [-0.2, -0.15) is 13.2 Å². The lowest BCUT2D eigenvalue weighted by Gasteiger charge is -2.26. The summed E-state index contributed by atoms with van der Waals surface area (Å²) in [6.07, 6.45) is -5.50. The molecular formula is C21H22F5N3O. The van der Waals surface area contributed by atoms with E-state index in [0.717, 1.165) is 11.6 Å². The standard InChI is InChI=1S/C21H22F5N3O/c1-13-5-3-6-15(11-13)27-19(30)17-14(2)12-16(21(24,25)26)28-18(17)29-9-4-7-20(22,23)8-10-29/h3,5-6,11-12H,4,7-10H2,1-2H3,(H,27,30). The Morgan fingerprint density at radius 3 is 2.53 bits per heavy atom.